The zero-order valence-corrected chi connectivity index (χ0v) is 17.6. The van der Waals surface area contributed by atoms with E-state index < -0.39 is 6.36 Å². The highest BCUT2D eigenvalue weighted by Gasteiger charge is 2.32. The molecule has 0 radical (unpaired) electrons. The standard InChI is InChI=1S/C20H22BrF3N2O3/c1-27-17-12-16(21)18(28-2)11-15(17)19(26-9-7-25-8-10-26)13-3-5-14(6-4-13)29-20(22,23)24/h3-6,11-12,19,25H,7-10H2,1-2H3/t19-/m1/s1. The summed E-state index contributed by atoms with van der Waals surface area (Å²) in [5.41, 5.74) is 1.71. The molecule has 1 aliphatic rings. The van der Waals surface area contributed by atoms with Crippen LogP contribution < -0.4 is 19.5 Å². The fourth-order valence-corrected chi connectivity index (χ4v) is 3.96. The number of nitrogens with zero attached hydrogens (tertiary/aromatic N) is 1. The highest BCUT2D eigenvalue weighted by Crippen LogP contribution is 2.41. The highest BCUT2D eigenvalue weighted by molar-refractivity contribution is 9.10. The minimum absolute atomic E-state index is 0.214. The Kier molecular flexibility index (Phi) is 6.92. The van der Waals surface area contributed by atoms with Crippen LogP contribution in [0.15, 0.2) is 40.9 Å². The third-order valence-electron chi connectivity index (χ3n) is 4.74. The smallest absolute Gasteiger partial charge is 0.496 e. The molecule has 0 aliphatic carbocycles. The normalized spacial score (nSPS) is 16.3. The van der Waals surface area contributed by atoms with E-state index >= 15 is 0 Å². The van der Waals surface area contributed by atoms with Crippen molar-refractivity contribution in [2.45, 2.75) is 12.4 Å². The number of alkyl halides is 3. The van der Waals surface area contributed by atoms with Crippen molar-refractivity contribution in [2.24, 2.45) is 0 Å². The summed E-state index contributed by atoms with van der Waals surface area (Å²) >= 11 is 3.47. The van der Waals surface area contributed by atoms with E-state index in [1.54, 1.807) is 26.4 Å². The molecular weight excluding hydrogens is 453 g/mol. The van der Waals surface area contributed by atoms with Crippen molar-refractivity contribution in [1.82, 2.24) is 10.2 Å². The van der Waals surface area contributed by atoms with Gasteiger partial charge in [-0.2, -0.15) is 0 Å². The summed E-state index contributed by atoms with van der Waals surface area (Å²) in [6.07, 6.45) is -4.72. The first kappa shape index (κ1) is 21.7. The molecule has 3 rings (SSSR count). The van der Waals surface area contributed by atoms with Crippen LogP contribution in [-0.2, 0) is 0 Å². The number of methoxy groups -OCH3 is 2. The molecule has 1 aliphatic heterocycles. The maximum absolute atomic E-state index is 12.5. The predicted molar refractivity (Wildman–Crippen MR) is 107 cm³/mol. The number of hydrogen-bond donors (Lipinski definition) is 1. The summed E-state index contributed by atoms with van der Waals surface area (Å²) in [4.78, 5) is 2.27. The van der Waals surface area contributed by atoms with E-state index in [0.717, 1.165) is 41.8 Å². The van der Waals surface area contributed by atoms with Gasteiger partial charge in [0, 0.05) is 31.7 Å². The number of ether oxygens (including phenoxy) is 3. The average Bonchev–Trinajstić information content (AvgIpc) is 2.70. The summed E-state index contributed by atoms with van der Waals surface area (Å²) in [6.45, 7) is 3.21. The van der Waals surface area contributed by atoms with Gasteiger partial charge in [-0.15, -0.1) is 13.2 Å². The van der Waals surface area contributed by atoms with Crippen LogP contribution >= 0.6 is 15.9 Å². The molecule has 0 unspecified atom stereocenters. The SMILES string of the molecule is COc1cc([C@@H](c2ccc(OC(F)(F)F)cc2)N2CCNCC2)c(OC)cc1Br. The van der Waals surface area contributed by atoms with Crippen LogP contribution in [0.25, 0.3) is 0 Å². The van der Waals surface area contributed by atoms with Crippen molar-refractivity contribution in [3.8, 4) is 17.2 Å². The van der Waals surface area contributed by atoms with E-state index in [2.05, 4.69) is 30.9 Å². The van der Waals surface area contributed by atoms with Crippen LogP contribution in [0.5, 0.6) is 17.2 Å². The van der Waals surface area contributed by atoms with E-state index in [1.807, 2.05) is 12.1 Å². The number of rotatable bonds is 6. The second kappa shape index (κ2) is 9.23. The first-order valence-corrected chi connectivity index (χ1v) is 9.83. The van der Waals surface area contributed by atoms with E-state index in [0.29, 0.717) is 11.5 Å². The lowest BCUT2D eigenvalue weighted by atomic mass is 9.95. The van der Waals surface area contributed by atoms with Crippen molar-refractivity contribution in [3.63, 3.8) is 0 Å². The highest BCUT2D eigenvalue weighted by atomic mass is 79.9. The molecule has 2 aromatic rings. The van der Waals surface area contributed by atoms with Crippen LogP contribution in [0.1, 0.15) is 17.2 Å². The van der Waals surface area contributed by atoms with Gasteiger partial charge in [0.05, 0.1) is 24.7 Å². The Morgan fingerprint density at radius 1 is 1.00 bits per heavy atom. The van der Waals surface area contributed by atoms with Crippen LogP contribution in [0.3, 0.4) is 0 Å². The van der Waals surface area contributed by atoms with Crippen molar-refractivity contribution in [2.75, 3.05) is 40.4 Å². The second-order valence-corrected chi connectivity index (χ2v) is 7.39. The summed E-state index contributed by atoms with van der Waals surface area (Å²) < 4.78 is 53.3. The van der Waals surface area contributed by atoms with Crippen molar-refractivity contribution in [3.05, 3.63) is 52.0 Å². The lowest BCUT2D eigenvalue weighted by molar-refractivity contribution is -0.274. The topological polar surface area (TPSA) is 43.0 Å². The average molecular weight is 475 g/mol. The first-order valence-electron chi connectivity index (χ1n) is 9.04. The molecule has 0 amide bonds. The van der Waals surface area contributed by atoms with Crippen molar-refractivity contribution < 1.29 is 27.4 Å². The van der Waals surface area contributed by atoms with Gasteiger partial charge in [-0.3, -0.25) is 4.90 Å². The van der Waals surface area contributed by atoms with Gasteiger partial charge >= 0.3 is 6.36 Å². The van der Waals surface area contributed by atoms with E-state index in [9.17, 15) is 13.2 Å². The van der Waals surface area contributed by atoms with Crippen molar-refractivity contribution in [1.29, 1.82) is 0 Å². The minimum atomic E-state index is -4.72. The summed E-state index contributed by atoms with van der Waals surface area (Å²) in [5.74, 6) is 1.07. The number of nitrogens with one attached hydrogen (secondary N) is 1. The molecule has 1 atom stereocenters. The van der Waals surface area contributed by atoms with Gasteiger partial charge in [0.1, 0.15) is 17.2 Å². The van der Waals surface area contributed by atoms with Gasteiger partial charge in [-0.1, -0.05) is 12.1 Å². The van der Waals surface area contributed by atoms with E-state index in [4.69, 9.17) is 9.47 Å². The quantitative estimate of drug-likeness (QED) is 0.673. The molecule has 1 N–H and O–H groups in total. The molecule has 1 fully saturated rings. The maximum Gasteiger partial charge on any atom is 0.573 e. The molecule has 5 nitrogen and oxygen atoms in total. The zero-order chi connectivity index (χ0) is 21.0. The fraction of sp³-hybridized carbons (Fsp3) is 0.400. The Morgan fingerprint density at radius 3 is 2.17 bits per heavy atom. The Bertz CT molecular complexity index is 825. The van der Waals surface area contributed by atoms with Gasteiger partial charge < -0.3 is 19.5 Å². The Hall–Kier alpha value is -1.97. The molecule has 29 heavy (non-hydrogen) atoms. The molecule has 1 saturated heterocycles. The van der Waals surface area contributed by atoms with Gasteiger partial charge in [0.25, 0.3) is 0 Å². The minimum Gasteiger partial charge on any atom is -0.496 e. The fourth-order valence-electron chi connectivity index (χ4n) is 3.48. The van der Waals surface area contributed by atoms with Crippen molar-refractivity contribution >= 4 is 15.9 Å². The van der Waals surface area contributed by atoms with Gasteiger partial charge in [-0.05, 0) is 45.8 Å². The molecule has 0 aromatic heterocycles. The molecule has 0 saturated carbocycles. The number of halogens is 4. The van der Waals surface area contributed by atoms with Crippen LogP contribution in [0, 0.1) is 0 Å². The first-order chi connectivity index (χ1) is 13.8. The lowest BCUT2D eigenvalue weighted by Crippen LogP contribution is -2.45. The molecule has 0 bridgehead atoms. The monoisotopic (exact) mass is 474 g/mol. The Balaban J connectivity index is 2.04. The van der Waals surface area contributed by atoms with E-state index in [1.165, 1.54) is 12.1 Å². The molecule has 1 heterocycles. The molecule has 0 spiro atoms. The lowest BCUT2D eigenvalue weighted by Gasteiger charge is -2.36. The molecule has 2 aromatic carbocycles. The summed E-state index contributed by atoms with van der Waals surface area (Å²) in [5, 5.41) is 3.32. The van der Waals surface area contributed by atoms with Gasteiger partial charge in [0.2, 0.25) is 0 Å². The second-order valence-electron chi connectivity index (χ2n) is 6.53. The Morgan fingerprint density at radius 2 is 1.62 bits per heavy atom. The summed E-state index contributed by atoms with van der Waals surface area (Å²) in [7, 11) is 3.17. The van der Waals surface area contributed by atoms with Crippen LogP contribution in [-0.4, -0.2) is 51.7 Å². The van der Waals surface area contributed by atoms with Crippen LogP contribution in [0.4, 0.5) is 13.2 Å². The molecular formula is C20H22BrF3N2O3. The third-order valence-corrected chi connectivity index (χ3v) is 5.36. The molecule has 9 heteroatoms. The van der Waals surface area contributed by atoms with E-state index in [-0.39, 0.29) is 11.8 Å². The van der Waals surface area contributed by atoms with Gasteiger partial charge in [0.15, 0.2) is 0 Å². The molecule has 158 valence electrons. The zero-order valence-electron chi connectivity index (χ0n) is 16.1. The Labute approximate surface area is 175 Å². The largest absolute Gasteiger partial charge is 0.573 e. The van der Waals surface area contributed by atoms with Crippen LogP contribution in [0.2, 0.25) is 0 Å². The predicted octanol–water partition coefficient (Wildman–Crippen LogP) is 4.36. The third kappa shape index (κ3) is 5.34. The number of benzene rings is 2. The number of piperazine rings is 1. The maximum atomic E-state index is 12.5. The summed E-state index contributed by atoms with van der Waals surface area (Å²) in [6, 6.07) is 9.50. The van der Waals surface area contributed by atoms with Gasteiger partial charge in [-0.25, -0.2) is 0 Å². The number of hydrogen-bond acceptors (Lipinski definition) is 5.